The van der Waals surface area contributed by atoms with Crippen LogP contribution in [0.5, 0.6) is 0 Å². The lowest BCUT2D eigenvalue weighted by Gasteiger charge is -2.03. The van der Waals surface area contributed by atoms with Gasteiger partial charge in [-0.1, -0.05) is 55.5 Å². The zero-order valence-electron chi connectivity index (χ0n) is 13.3. The second-order valence-electron chi connectivity index (χ2n) is 5.04. The Labute approximate surface area is 133 Å². The van der Waals surface area contributed by atoms with Crippen molar-refractivity contribution in [1.29, 1.82) is 0 Å². The molecular weight excluding hydrogens is 280 g/mol. The molecule has 0 fully saturated rings. The molecule has 2 atom stereocenters. The van der Waals surface area contributed by atoms with Gasteiger partial charge in [0.05, 0.1) is 12.2 Å². The topological polar surface area (TPSA) is 77.8 Å². The van der Waals surface area contributed by atoms with Crippen LogP contribution in [0.25, 0.3) is 0 Å². The minimum atomic E-state index is -0.792. The molecular formula is C18H28O4. The number of hydrogen-bond acceptors (Lipinski definition) is 3. The highest BCUT2D eigenvalue weighted by Crippen LogP contribution is 2.05. The van der Waals surface area contributed by atoms with Crippen molar-refractivity contribution in [3.63, 3.8) is 0 Å². The summed E-state index contributed by atoms with van der Waals surface area (Å²) < 4.78 is 0. The van der Waals surface area contributed by atoms with E-state index in [2.05, 4.69) is 0 Å². The van der Waals surface area contributed by atoms with Crippen molar-refractivity contribution in [3.05, 3.63) is 48.6 Å². The maximum absolute atomic E-state index is 10.3. The third-order valence-electron chi connectivity index (χ3n) is 2.99. The van der Waals surface area contributed by atoms with Crippen LogP contribution in [0.15, 0.2) is 48.6 Å². The van der Waals surface area contributed by atoms with E-state index in [0.29, 0.717) is 25.7 Å². The Kier molecular flexibility index (Phi) is 13.2. The molecule has 0 aliphatic heterocycles. The summed E-state index contributed by atoms with van der Waals surface area (Å²) in [5.74, 6) is -0.792. The fourth-order valence-corrected chi connectivity index (χ4v) is 1.64. The van der Waals surface area contributed by atoms with Gasteiger partial charge in [-0.25, -0.2) is 0 Å². The van der Waals surface area contributed by atoms with Gasteiger partial charge in [-0.2, -0.15) is 0 Å². The Bertz CT molecular complexity index is 394. The molecule has 0 bridgehead atoms. The molecule has 0 heterocycles. The Morgan fingerprint density at radius 1 is 0.955 bits per heavy atom. The molecule has 0 saturated heterocycles. The van der Waals surface area contributed by atoms with Gasteiger partial charge in [-0.05, 0) is 32.1 Å². The first-order chi connectivity index (χ1) is 10.6. The normalized spacial score (nSPS) is 15.4. The maximum Gasteiger partial charge on any atom is 0.303 e. The fraction of sp³-hybridized carbons (Fsp3) is 0.500. The van der Waals surface area contributed by atoms with Crippen LogP contribution in [-0.2, 0) is 4.79 Å². The van der Waals surface area contributed by atoms with Gasteiger partial charge in [0.1, 0.15) is 0 Å². The molecule has 0 aromatic carbocycles. The first kappa shape index (κ1) is 20.3. The van der Waals surface area contributed by atoms with Crippen molar-refractivity contribution in [2.45, 2.75) is 57.7 Å². The largest absolute Gasteiger partial charge is 0.481 e. The van der Waals surface area contributed by atoms with E-state index < -0.39 is 12.1 Å². The molecule has 0 radical (unpaired) electrons. The van der Waals surface area contributed by atoms with Crippen molar-refractivity contribution < 1.29 is 20.1 Å². The Morgan fingerprint density at radius 2 is 1.55 bits per heavy atom. The summed E-state index contributed by atoms with van der Waals surface area (Å²) >= 11 is 0. The second kappa shape index (κ2) is 14.3. The predicted molar refractivity (Wildman–Crippen MR) is 89.6 cm³/mol. The summed E-state index contributed by atoms with van der Waals surface area (Å²) in [7, 11) is 0. The third-order valence-corrected chi connectivity index (χ3v) is 2.99. The van der Waals surface area contributed by atoms with Crippen molar-refractivity contribution in [1.82, 2.24) is 0 Å². The zero-order chi connectivity index (χ0) is 16.6. The number of allylic oxidation sites excluding steroid dienone is 6. The van der Waals surface area contributed by atoms with Crippen LogP contribution < -0.4 is 0 Å². The van der Waals surface area contributed by atoms with Gasteiger partial charge in [-0.15, -0.1) is 0 Å². The van der Waals surface area contributed by atoms with Crippen LogP contribution in [0, 0.1) is 0 Å². The highest BCUT2D eigenvalue weighted by atomic mass is 16.4. The summed E-state index contributed by atoms with van der Waals surface area (Å²) in [5, 5.41) is 27.4. The number of carbonyl (C=O) groups is 1. The minimum absolute atomic E-state index is 0.159. The van der Waals surface area contributed by atoms with Crippen LogP contribution >= 0.6 is 0 Å². The van der Waals surface area contributed by atoms with Gasteiger partial charge in [0, 0.05) is 6.42 Å². The molecule has 0 amide bonds. The number of rotatable bonds is 12. The van der Waals surface area contributed by atoms with Gasteiger partial charge in [0.25, 0.3) is 0 Å². The summed E-state index contributed by atoms with van der Waals surface area (Å²) in [6.07, 6.45) is 17.5. The highest BCUT2D eigenvalue weighted by Gasteiger charge is 2.00. The highest BCUT2D eigenvalue weighted by molar-refractivity contribution is 5.66. The molecule has 0 rings (SSSR count). The smallest absolute Gasteiger partial charge is 0.303 e. The van der Waals surface area contributed by atoms with Crippen LogP contribution in [-0.4, -0.2) is 33.5 Å². The second-order valence-corrected chi connectivity index (χ2v) is 5.04. The molecule has 0 aromatic heterocycles. The van der Waals surface area contributed by atoms with Gasteiger partial charge in [0.15, 0.2) is 0 Å². The molecule has 0 saturated carbocycles. The molecule has 0 aliphatic rings. The predicted octanol–water partition coefficient (Wildman–Crippen LogP) is 3.38. The van der Waals surface area contributed by atoms with E-state index in [1.54, 1.807) is 18.2 Å². The molecule has 0 aromatic rings. The van der Waals surface area contributed by atoms with Crippen molar-refractivity contribution in [2.24, 2.45) is 0 Å². The Morgan fingerprint density at radius 3 is 2.09 bits per heavy atom. The number of aliphatic hydroxyl groups is 2. The SMILES string of the molecule is CCC(O)C=CC=CCC=CC=CC(O)CCCCC(=O)O. The van der Waals surface area contributed by atoms with Crippen LogP contribution in [0.3, 0.4) is 0 Å². The lowest BCUT2D eigenvalue weighted by molar-refractivity contribution is -0.137. The number of unbranched alkanes of at least 4 members (excludes halogenated alkanes) is 1. The minimum Gasteiger partial charge on any atom is -0.481 e. The van der Waals surface area contributed by atoms with Crippen LogP contribution in [0.1, 0.15) is 45.4 Å². The van der Waals surface area contributed by atoms with E-state index in [0.717, 1.165) is 6.42 Å². The average molecular weight is 308 g/mol. The van der Waals surface area contributed by atoms with E-state index >= 15 is 0 Å². The van der Waals surface area contributed by atoms with Crippen LogP contribution in [0.2, 0.25) is 0 Å². The Balaban J connectivity index is 3.71. The first-order valence-corrected chi connectivity index (χ1v) is 7.80. The molecule has 124 valence electrons. The zero-order valence-corrected chi connectivity index (χ0v) is 13.3. The van der Waals surface area contributed by atoms with Gasteiger partial charge < -0.3 is 15.3 Å². The summed E-state index contributed by atoms with van der Waals surface area (Å²) in [4.78, 5) is 10.3. The lowest BCUT2D eigenvalue weighted by atomic mass is 10.1. The van der Waals surface area contributed by atoms with Crippen molar-refractivity contribution >= 4 is 5.97 Å². The Hall–Kier alpha value is -1.65. The van der Waals surface area contributed by atoms with E-state index in [1.165, 1.54) is 0 Å². The fourth-order valence-electron chi connectivity index (χ4n) is 1.64. The number of aliphatic carboxylic acids is 1. The van der Waals surface area contributed by atoms with Gasteiger partial charge >= 0.3 is 5.97 Å². The molecule has 2 unspecified atom stereocenters. The lowest BCUT2D eigenvalue weighted by Crippen LogP contribution is -2.02. The van der Waals surface area contributed by atoms with Gasteiger partial charge in [-0.3, -0.25) is 4.79 Å². The number of aliphatic hydroxyl groups excluding tert-OH is 2. The van der Waals surface area contributed by atoms with Gasteiger partial charge in [0.2, 0.25) is 0 Å². The van der Waals surface area contributed by atoms with E-state index in [-0.39, 0.29) is 12.5 Å². The molecule has 0 spiro atoms. The first-order valence-electron chi connectivity index (χ1n) is 7.80. The standard InChI is InChI=1S/C18H28O4/c1-2-16(19)12-8-6-4-3-5-7-9-13-17(20)14-10-11-15-18(21)22/h4-9,12-13,16-17,19-20H,2-3,10-11,14-15H2,1H3,(H,21,22). The van der Waals surface area contributed by atoms with E-state index in [1.807, 2.05) is 37.3 Å². The monoisotopic (exact) mass is 308 g/mol. The quantitative estimate of drug-likeness (QED) is 0.381. The van der Waals surface area contributed by atoms with E-state index in [4.69, 9.17) is 5.11 Å². The van der Waals surface area contributed by atoms with Crippen molar-refractivity contribution in [2.75, 3.05) is 0 Å². The molecule has 0 aliphatic carbocycles. The summed E-state index contributed by atoms with van der Waals surface area (Å²) in [5.41, 5.74) is 0. The number of hydrogen-bond donors (Lipinski definition) is 3. The molecule has 22 heavy (non-hydrogen) atoms. The molecule has 3 N–H and O–H groups in total. The number of carboxylic acids is 1. The van der Waals surface area contributed by atoms with Crippen LogP contribution in [0.4, 0.5) is 0 Å². The van der Waals surface area contributed by atoms with E-state index in [9.17, 15) is 15.0 Å². The molecule has 4 nitrogen and oxygen atoms in total. The summed E-state index contributed by atoms with van der Waals surface area (Å²) in [6.45, 7) is 1.92. The molecule has 4 heteroatoms. The average Bonchev–Trinajstić information content (AvgIpc) is 2.49. The van der Waals surface area contributed by atoms with Crippen molar-refractivity contribution in [3.8, 4) is 0 Å². The third kappa shape index (κ3) is 14.8. The maximum atomic E-state index is 10.3. The number of carboxylic acid groups (broad SMARTS) is 1. The summed E-state index contributed by atoms with van der Waals surface area (Å²) in [6, 6.07) is 0.